The van der Waals surface area contributed by atoms with Gasteiger partial charge in [-0.25, -0.2) is 0 Å². The van der Waals surface area contributed by atoms with Crippen molar-refractivity contribution >= 4 is 5.97 Å². The van der Waals surface area contributed by atoms with Gasteiger partial charge in [-0.15, -0.1) is 0 Å². The standard InChI is InChI=1S/C37H72O3/c1-2-3-4-5-6-7-8-16-19-22-25-28-31-34-37(39)40-36-33-30-27-24-21-18-15-13-11-9-10-12-14-17-20-23-26-29-32-35-38/h7-8,38H,2-6,9-36H2,1H3/b8-7-. The minimum Gasteiger partial charge on any atom is -0.466 e. The third-order valence-electron chi connectivity index (χ3n) is 8.21. The van der Waals surface area contributed by atoms with E-state index in [4.69, 9.17) is 9.84 Å². The van der Waals surface area contributed by atoms with E-state index < -0.39 is 0 Å². The number of allylic oxidation sites excluding steroid dienone is 2. The van der Waals surface area contributed by atoms with Crippen LogP contribution < -0.4 is 0 Å². The van der Waals surface area contributed by atoms with E-state index in [-0.39, 0.29) is 5.97 Å². The van der Waals surface area contributed by atoms with Crippen LogP contribution >= 0.6 is 0 Å². The van der Waals surface area contributed by atoms with Crippen molar-refractivity contribution in [1.29, 1.82) is 0 Å². The summed E-state index contributed by atoms with van der Waals surface area (Å²) in [7, 11) is 0. The summed E-state index contributed by atoms with van der Waals surface area (Å²) in [5.41, 5.74) is 0. The number of aliphatic hydroxyl groups is 1. The summed E-state index contributed by atoms with van der Waals surface area (Å²) >= 11 is 0. The predicted octanol–water partition coefficient (Wildman–Crippen LogP) is 12.2. The van der Waals surface area contributed by atoms with Crippen LogP contribution in [0.15, 0.2) is 12.2 Å². The molecule has 0 aliphatic rings. The van der Waals surface area contributed by atoms with Crippen molar-refractivity contribution in [1.82, 2.24) is 0 Å². The summed E-state index contributed by atoms with van der Waals surface area (Å²) < 4.78 is 5.43. The first-order valence-electron chi connectivity index (χ1n) is 18.2. The van der Waals surface area contributed by atoms with Crippen LogP contribution in [0.3, 0.4) is 0 Å². The first-order chi connectivity index (χ1) is 19.8. The highest BCUT2D eigenvalue weighted by Crippen LogP contribution is 2.15. The molecule has 3 nitrogen and oxygen atoms in total. The maximum atomic E-state index is 11.9. The van der Waals surface area contributed by atoms with Crippen LogP contribution in [0.1, 0.15) is 206 Å². The van der Waals surface area contributed by atoms with Gasteiger partial charge in [0.15, 0.2) is 0 Å². The van der Waals surface area contributed by atoms with Gasteiger partial charge in [0.05, 0.1) is 6.61 Å². The third kappa shape index (κ3) is 35.2. The molecular formula is C37H72O3. The van der Waals surface area contributed by atoms with Crippen molar-refractivity contribution in [3.8, 4) is 0 Å². The number of carbonyl (C=O) groups is 1. The highest BCUT2D eigenvalue weighted by atomic mass is 16.5. The van der Waals surface area contributed by atoms with Gasteiger partial charge < -0.3 is 9.84 Å². The van der Waals surface area contributed by atoms with Crippen molar-refractivity contribution in [2.45, 2.75) is 206 Å². The van der Waals surface area contributed by atoms with Crippen molar-refractivity contribution in [2.75, 3.05) is 13.2 Å². The van der Waals surface area contributed by atoms with Crippen molar-refractivity contribution in [3.63, 3.8) is 0 Å². The topological polar surface area (TPSA) is 46.5 Å². The molecule has 0 unspecified atom stereocenters. The largest absolute Gasteiger partial charge is 0.466 e. The first kappa shape index (κ1) is 39.2. The molecule has 0 saturated heterocycles. The third-order valence-corrected chi connectivity index (χ3v) is 8.21. The lowest BCUT2D eigenvalue weighted by molar-refractivity contribution is -0.143. The van der Waals surface area contributed by atoms with Crippen LogP contribution in [0, 0.1) is 0 Å². The van der Waals surface area contributed by atoms with E-state index in [1.807, 2.05) is 0 Å². The molecule has 0 fully saturated rings. The number of unbranched alkanes of at least 4 members (excludes halogenated alkanes) is 27. The van der Waals surface area contributed by atoms with Crippen LogP contribution in [-0.2, 0) is 9.53 Å². The zero-order valence-corrected chi connectivity index (χ0v) is 27.3. The van der Waals surface area contributed by atoms with Gasteiger partial charge in [0.25, 0.3) is 0 Å². The Morgan fingerprint density at radius 3 is 1.25 bits per heavy atom. The van der Waals surface area contributed by atoms with Crippen LogP contribution in [0.25, 0.3) is 0 Å². The molecule has 0 rings (SSSR count). The lowest BCUT2D eigenvalue weighted by Crippen LogP contribution is -2.05. The number of ether oxygens (including phenoxy) is 1. The van der Waals surface area contributed by atoms with Gasteiger partial charge in [-0.3, -0.25) is 4.79 Å². The molecular weight excluding hydrogens is 492 g/mol. The summed E-state index contributed by atoms with van der Waals surface area (Å²) in [5, 5.41) is 8.78. The second-order valence-corrected chi connectivity index (χ2v) is 12.3. The first-order valence-corrected chi connectivity index (χ1v) is 18.2. The molecule has 0 heterocycles. The minimum absolute atomic E-state index is 0.0105. The number of hydrogen-bond acceptors (Lipinski definition) is 3. The maximum absolute atomic E-state index is 11.9. The fourth-order valence-corrected chi connectivity index (χ4v) is 5.46. The molecule has 0 aliphatic heterocycles. The highest BCUT2D eigenvalue weighted by molar-refractivity contribution is 5.69. The molecule has 0 spiro atoms. The van der Waals surface area contributed by atoms with Gasteiger partial charge in [0, 0.05) is 13.0 Å². The molecule has 1 N–H and O–H groups in total. The number of esters is 1. The number of hydrogen-bond donors (Lipinski definition) is 1. The number of rotatable bonds is 34. The molecule has 238 valence electrons. The van der Waals surface area contributed by atoms with Crippen LogP contribution in [0.5, 0.6) is 0 Å². The van der Waals surface area contributed by atoms with E-state index in [0.29, 0.717) is 19.6 Å². The summed E-state index contributed by atoms with van der Waals surface area (Å²) in [6.07, 6.45) is 44.3. The van der Waals surface area contributed by atoms with E-state index in [1.54, 1.807) is 0 Å². The Bertz CT molecular complexity index is 502. The monoisotopic (exact) mass is 565 g/mol. The van der Waals surface area contributed by atoms with Gasteiger partial charge in [-0.2, -0.15) is 0 Å². The average molecular weight is 565 g/mol. The van der Waals surface area contributed by atoms with E-state index in [1.165, 1.54) is 167 Å². The Morgan fingerprint density at radius 2 is 0.825 bits per heavy atom. The fraction of sp³-hybridized carbons (Fsp3) is 0.919. The van der Waals surface area contributed by atoms with Crippen molar-refractivity contribution < 1.29 is 14.6 Å². The van der Waals surface area contributed by atoms with Crippen molar-refractivity contribution in [3.05, 3.63) is 12.2 Å². The van der Waals surface area contributed by atoms with Crippen LogP contribution in [-0.4, -0.2) is 24.3 Å². The Hall–Kier alpha value is -0.830. The molecule has 0 aromatic heterocycles. The fourth-order valence-electron chi connectivity index (χ4n) is 5.46. The second kappa shape index (κ2) is 36.2. The quantitative estimate of drug-likeness (QED) is 0.0480. The Morgan fingerprint density at radius 1 is 0.475 bits per heavy atom. The van der Waals surface area contributed by atoms with Gasteiger partial charge in [-0.05, 0) is 44.9 Å². The molecule has 0 aromatic carbocycles. The predicted molar refractivity (Wildman–Crippen MR) is 176 cm³/mol. The molecule has 0 saturated carbocycles. The summed E-state index contributed by atoms with van der Waals surface area (Å²) in [6, 6.07) is 0. The number of aliphatic hydroxyl groups excluding tert-OH is 1. The van der Waals surface area contributed by atoms with E-state index >= 15 is 0 Å². The van der Waals surface area contributed by atoms with E-state index in [2.05, 4.69) is 19.1 Å². The zero-order chi connectivity index (χ0) is 29.0. The van der Waals surface area contributed by atoms with Crippen LogP contribution in [0.2, 0.25) is 0 Å². The second-order valence-electron chi connectivity index (χ2n) is 12.3. The van der Waals surface area contributed by atoms with E-state index in [0.717, 1.165) is 25.7 Å². The Balaban J connectivity index is 3.16. The molecule has 0 bridgehead atoms. The highest BCUT2D eigenvalue weighted by Gasteiger charge is 2.02. The Labute approximate surface area is 251 Å². The van der Waals surface area contributed by atoms with Gasteiger partial charge >= 0.3 is 5.97 Å². The normalized spacial score (nSPS) is 11.6. The maximum Gasteiger partial charge on any atom is 0.305 e. The number of carbonyl (C=O) groups excluding carboxylic acids is 1. The molecule has 0 aromatic rings. The molecule has 0 radical (unpaired) electrons. The van der Waals surface area contributed by atoms with Gasteiger partial charge in [0.1, 0.15) is 0 Å². The van der Waals surface area contributed by atoms with E-state index in [9.17, 15) is 4.79 Å². The SMILES string of the molecule is CCCCCC/C=C\CCCCCCCC(=O)OCCCCCCCCCCCCCCCCCCCCCO. The van der Waals surface area contributed by atoms with Gasteiger partial charge in [0.2, 0.25) is 0 Å². The summed E-state index contributed by atoms with van der Waals surface area (Å²) in [6.45, 7) is 3.24. The Kier molecular flexibility index (Phi) is 35.4. The smallest absolute Gasteiger partial charge is 0.305 e. The summed E-state index contributed by atoms with van der Waals surface area (Å²) in [5.74, 6) is 0.0105. The average Bonchev–Trinajstić information content (AvgIpc) is 2.96. The molecule has 0 aliphatic carbocycles. The molecule has 3 heteroatoms. The molecule has 0 amide bonds. The lowest BCUT2D eigenvalue weighted by Gasteiger charge is -2.06. The molecule has 40 heavy (non-hydrogen) atoms. The zero-order valence-electron chi connectivity index (χ0n) is 27.3. The minimum atomic E-state index is 0.0105. The van der Waals surface area contributed by atoms with Gasteiger partial charge in [-0.1, -0.05) is 167 Å². The molecule has 0 atom stereocenters. The van der Waals surface area contributed by atoms with Crippen LogP contribution in [0.4, 0.5) is 0 Å². The van der Waals surface area contributed by atoms with Crippen molar-refractivity contribution in [2.24, 2.45) is 0 Å². The summed E-state index contributed by atoms with van der Waals surface area (Å²) in [4.78, 5) is 11.9. The lowest BCUT2D eigenvalue weighted by atomic mass is 10.0.